The molecule has 208 valence electrons. The molecule has 10 nitrogen and oxygen atoms in total. The largest absolute Gasteiger partial charge is 0.497 e. The highest BCUT2D eigenvalue weighted by Crippen LogP contribution is 2.33. The first-order valence-corrected chi connectivity index (χ1v) is 13.3. The van der Waals surface area contributed by atoms with Crippen LogP contribution in [0, 0.1) is 0 Å². The molecular weight excluding hydrogens is 522 g/mol. The molecule has 2 aromatic carbocycles. The summed E-state index contributed by atoms with van der Waals surface area (Å²) in [6, 6.07) is 14.3. The highest BCUT2D eigenvalue weighted by molar-refractivity contribution is 7.09. The molecule has 1 aliphatic heterocycles. The number of benzene rings is 2. The van der Waals surface area contributed by atoms with Crippen LogP contribution in [0.15, 0.2) is 53.9 Å². The molecular formula is C28H33N3O7S. The molecule has 0 radical (unpaired) electrons. The van der Waals surface area contributed by atoms with Crippen LogP contribution in [0.25, 0.3) is 0 Å². The Morgan fingerprint density at radius 2 is 1.82 bits per heavy atom. The molecule has 11 heteroatoms. The van der Waals surface area contributed by atoms with E-state index in [4.69, 9.17) is 23.7 Å². The van der Waals surface area contributed by atoms with Crippen molar-refractivity contribution in [2.45, 2.75) is 19.5 Å². The van der Waals surface area contributed by atoms with Crippen molar-refractivity contribution in [1.29, 1.82) is 0 Å². The third-order valence-electron chi connectivity index (χ3n) is 6.13. The number of rotatable bonds is 13. The molecule has 0 bridgehead atoms. The number of ether oxygens (including phenoxy) is 5. The lowest BCUT2D eigenvalue weighted by Gasteiger charge is -2.28. The quantitative estimate of drug-likeness (QED) is 0.308. The van der Waals surface area contributed by atoms with Crippen LogP contribution in [0.5, 0.6) is 23.0 Å². The average molecular weight is 556 g/mol. The molecule has 3 amide bonds. The van der Waals surface area contributed by atoms with E-state index in [9.17, 15) is 9.59 Å². The second-order valence-corrected chi connectivity index (χ2v) is 9.81. The zero-order chi connectivity index (χ0) is 27.6. The first kappa shape index (κ1) is 28.1. The SMILES string of the molecule is COCCCN(CC(=O)N(Cc1ccc2c(c1)OCO2)Cc1cccs1)C(=O)Nc1ccc(OC)cc1OC. The second-order valence-electron chi connectivity index (χ2n) is 8.78. The van der Waals surface area contributed by atoms with Gasteiger partial charge in [0.15, 0.2) is 11.5 Å². The van der Waals surface area contributed by atoms with E-state index >= 15 is 0 Å². The van der Waals surface area contributed by atoms with E-state index in [1.165, 1.54) is 12.0 Å². The summed E-state index contributed by atoms with van der Waals surface area (Å²) in [5.74, 6) is 2.21. The van der Waals surface area contributed by atoms with Crippen molar-refractivity contribution in [3.05, 3.63) is 64.4 Å². The lowest BCUT2D eigenvalue weighted by atomic mass is 10.2. The molecule has 2 heterocycles. The van der Waals surface area contributed by atoms with Crippen LogP contribution < -0.4 is 24.3 Å². The normalized spacial score (nSPS) is 11.7. The molecule has 4 rings (SSSR count). The molecule has 0 unspecified atom stereocenters. The predicted octanol–water partition coefficient (Wildman–Crippen LogP) is 4.59. The molecule has 0 atom stereocenters. The smallest absolute Gasteiger partial charge is 0.322 e. The van der Waals surface area contributed by atoms with E-state index in [1.54, 1.807) is 48.7 Å². The fourth-order valence-electron chi connectivity index (χ4n) is 4.09. The Balaban J connectivity index is 1.51. The van der Waals surface area contributed by atoms with Gasteiger partial charge in [-0.1, -0.05) is 12.1 Å². The Morgan fingerprint density at radius 3 is 2.56 bits per heavy atom. The zero-order valence-corrected chi connectivity index (χ0v) is 23.1. The van der Waals surface area contributed by atoms with Gasteiger partial charge in [0.05, 0.1) is 26.5 Å². The summed E-state index contributed by atoms with van der Waals surface area (Å²) in [5.41, 5.74) is 1.38. The maximum atomic E-state index is 13.7. The van der Waals surface area contributed by atoms with Crippen LogP contribution in [-0.2, 0) is 22.6 Å². The Hall–Kier alpha value is -3.96. The van der Waals surface area contributed by atoms with Crippen LogP contribution in [-0.4, -0.2) is 69.6 Å². The van der Waals surface area contributed by atoms with Gasteiger partial charge in [-0.3, -0.25) is 4.79 Å². The summed E-state index contributed by atoms with van der Waals surface area (Å²) in [5, 5.41) is 4.85. The van der Waals surface area contributed by atoms with Gasteiger partial charge in [-0.2, -0.15) is 0 Å². The van der Waals surface area contributed by atoms with E-state index in [1.807, 2.05) is 35.7 Å². The topological polar surface area (TPSA) is 98.8 Å². The Labute approximate surface area is 232 Å². The monoisotopic (exact) mass is 555 g/mol. The standard InChI is InChI=1S/C28H33N3O7S/c1-34-12-5-11-30(28(33)29-23-9-8-21(35-2)15-25(23)36-3)18-27(32)31(17-22-6-4-13-39-22)16-20-7-10-24-26(14-20)38-19-37-24/h4,6-10,13-15H,5,11-12,16-19H2,1-3H3,(H,29,33). The van der Waals surface area contributed by atoms with Gasteiger partial charge in [-0.15, -0.1) is 11.3 Å². The van der Waals surface area contributed by atoms with Gasteiger partial charge in [0.25, 0.3) is 0 Å². The highest BCUT2D eigenvalue weighted by atomic mass is 32.1. The van der Waals surface area contributed by atoms with Gasteiger partial charge in [0, 0.05) is 37.7 Å². The summed E-state index contributed by atoms with van der Waals surface area (Å²) in [6.07, 6.45) is 0.573. The molecule has 1 aromatic heterocycles. The fraction of sp³-hybridized carbons (Fsp3) is 0.357. The lowest BCUT2D eigenvalue weighted by Crippen LogP contribution is -2.44. The first-order chi connectivity index (χ1) is 19.0. The van der Waals surface area contributed by atoms with E-state index in [0.29, 0.717) is 61.3 Å². The number of carbonyl (C=O) groups excluding carboxylic acids is 2. The van der Waals surface area contributed by atoms with Crippen LogP contribution in [0.1, 0.15) is 16.9 Å². The van der Waals surface area contributed by atoms with Crippen LogP contribution >= 0.6 is 11.3 Å². The predicted molar refractivity (Wildman–Crippen MR) is 148 cm³/mol. The van der Waals surface area contributed by atoms with Gasteiger partial charge < -0.3 is 38.8 Å². The minimum absolute atomic E-state index is 0.107. The van der Waals surface area contributed by atoms with Crippen molar-refractivity contribution in [2.75, 3.05) is 53.1 Å². The summed E-state index contributed by atoms with van der Waals surface area (Å²) in [4.78, 5) is 31.4. The number of thiophene rings is 1. The molecule has 3 aromatic rings. The van der Waals surface area contributed by atoms with Crippen LogP contribution in [0.3, 0.4) is 0 Å². The zero-order valence-electron chi connectivity index (χ0n) is 22.3. The number of nitrogens with zero attached hydrogens (tertiary/aromatic N) is 2. The molecule has 1 aliphatic rings. The third kappa shape index (κ3) is 7.55. The van der Waals surface area contributed by atoms with Crippen LogP contribution in [0.4, 0.5) is 10.5 Å². The van der Waals surface area contributed by atoms with Crippen LogP contribution in [0.2, 0.25) is 0 Å². The lowest BCUT2D eigenvalue weighted by molar-refractivity contribution is -0.133. The number of carbonyl (C=O) groups is 2. The minimum atomic E-state index is -0.415. The fourth-order valence-corrected chi connectivity index (χ4v) is 4.81. The van der Waals surface area contributed by atoms with E-state index in [2.05, 4.69) is 5.32 Å². The van der Waals surface area contributed by atoms with Crippen molar-refractivity contribution in [1.82, 2.24) is 9.80 Å². The number of hydrogen-bond donors (Lipinski definition) is 1. The third-order valence-corrected chi connectivity index (χ3v) is 6.99. The summed E-state index contributed by atoms with van der Waals surface area (Å²) < 4.78 is 26.8. The summed E-state index contributed by atoms with van der Waals surface area (Å²) >= 11 is 1.58. The van der Waals surface area contributed by atoms with Gasteiger partial charge in [-0.05, 0) is 47.7 Å². The van der Waals surface area contributed by atoms with Gasteiger partial charge in [0.1, 0.15) is 18.0 Å². The van der Waals surface area contributed by atoms with Crippen molar-refractivity contribution in [3.8, 4) is 23.0 Å². The Morgan fingerprint density at radius 1 is 0.974 bits per heavy atom. The Kier molecular flexibility index (Phi) is 9.87. The van der Waals surface area contributed by atoms with Crippen molar-refractivity contribution < 1.29 is 33.3 Å². The average Bonchev–Trinajstić information content (AvgIpc) is 3.64. The van der Waals surface area contributed by atoms with Crippen molar-refractivity contribution in [3.63, 3.8) is 0 Å². The molecule has 0 saturated heterocycles. The summed E-state index contributed by atoms with van der Waals surface area (Å²) in [7, 11) is 4.68. The number of amides is 3. The molecule has 39 heavy (non-hydrogen) atoms. The van der Waals surface area contributed by atoms with E-state index < -0.39 is 6.03 Å². The van der Waals surface area contributed by atoms with E-state index in [-0.39, 0.29) is 19.2 Å². The number of urea groups is 1. The number of anilines is 1. The number of fused-ring (bicyclic) bond motifs is 1. The first-order valence-electron chi connectivity index (χ1n) is 12.5. The number of nitrogens with one attached hydrogen (secondary N) is 1. The maximum Gasteiger partial charge on any atom is 0.322 e. The van der Waals surface area contributed by atoms with Crippen molar-refractivity contribution in [2.24, 2.45) is 0 Å². The van der Waals surface area contributed by atoms with Gasteiger partial charge >= 0.3 is 6.03 Å². The van der Waals surface area contributed by atoms with Gasteiger partial charge in [0.2, 0.25) is 12.7 Å². The molecule has 0 fully saturated rings. The Bertz CT molecular complexity index is 1250. The van der Waals surface area contributed by atoms with Crippen molar-refractivity contribution >= 4 is 29.0 Å². The summed E-state index contributed by atoms with van der Waals surface area (Å²) in [6.45, 7) is 1.64. The maximum absolute atomic E-state index is 13.7. The highest BCUT2D eigenvalue weighted by Gasteiger charge is 2.24. The number of methoxy groups -OCH3 is 3. The minimum Gasteiger partial charge on any atom is -0.497 e. The molecule has 0 saturated carbocycles. The van der Waals surface area contributed by atoms with Gasteiger partial charge in [-0.25, -0.2) is 4.79 Å². The second kappa shape index (κ2) is 13.7. The number of hydrogen-bond acceptors (Lipinski definition) is 8. The molecule has 1 N–H and O–H groups in total. The molecule has 0 spiro atoms. The molecule has 0 aliphatic carbocycles. The van der Waals surface area contributed by atoms with E-state index in [0.717, 1.165) is 10.4 Å².